The molecule has 3 saturated carbocycles. The average molecular weight is 641 g/mol. The zero-order valence-corrected chi connectivity index (χ0v) is 29.7. The molecule has 7 heteroatoms. The van der Waals surface area contributed by atoms with E-state index in [-0.39, 0.29) is 57.1 Å². The van der Waals surface area contributed by atoms with Gasteiger partial charge >= 0.3 is 5.97 Å². The van der Waals surface area contributed by atoms with Gasteiger partial charge in [-0.2, -0.15) is 8.42 Å². The maximum atomic E-state index is 13.8. The van der Waals surface area contributed by atoms with Gasteiger partial charge in [0.1, 0.15) is 0 Å². The maximum Gasteiger partial charge on any atom is 0.312 e. The molecule has 1 unspecified atom stereocenters. The summed E-state index contributed by atoms with van der Waals surface area (Å²) in [7, 11) is -2.44. The van der Waals surface area contributed by atoms with Gasteiger partial charge in [-0.05, 0) is 123 Å². The molecule has 0 bridgehead atoms. The van der Waals surface area contributed by atoms with Gasteiger partial charge in [0, 0.05) is 5.92 Å². The van der Waals surface area contributed by atoms with E-state index in [0.717, 1.165) is 69.8 Å². The number of allylic oxidation sites excluding steroid dienone is 1. The molecular formula is C38H56O6S. The van der Waals surface area contributed by atoms with Crippen LogP contribution in [0.4, 0.5) is 0 Å². The van der Waals surface area contributed by atoms with E-state index in [1.165, 1.54) is 18.3 Å². The third kappa shape index (κ3) is 5.08. The highest BCUT2D eigenvalue weighted by Crippen LogP contribution is 2.72. The van der Waals surface area contributed by atoms with Gasteiger partial charge in [-0.15, -0.1) is 0 Å². The molecule has 0 spiro atoms. The third-order valence-electron chi connectivity index (χ3n) is 14.2. The van der Waals surface area contributed by atoms with Crippen molar-refractivity contribution in [3.05, 3.63) is 41.0 Å². The summed E-state index contributed by atoms with van der Waals surface area (Å²) in [5, 5.41) is 11.1. The van der Waals surface area contributed by atoms with Crippen LogP contribution < -0.4 is 0 Å². The molecule has 0 saturated heterocycles. The molecule has 5 aliphatic carbocycles. The standard InChI is InChI=1S/C38H56O6S/c1-24-9-11-26(12-10-24)45(41,42)44-23-25-21-30-36(6,16-14-29-35(4,5)31(39)15-17-37(29,30)7)27-13-18-38(33(40)43-8)20-19-34(2,3)22-28(38)32(25)27/h9-12,25,28-31,39H,13-23H2,1-8H3/t25-,28?,29+,30+,31+,36+,37+,38-/m1/s1. The fraction of sp³-hybridized carbons (Fsp3) is 0.763. The SMILES string of the molecule is COC(=O)[C@@]12CCC3=C(C1CC(C)(C)CC2)[C@@H](COS(=O)(=O)c1ccc(C)cc1)C[C@@H]1[C@@]2(C)CC[C@H](O)C(C)(C)[C@@H]2CC[C@@]31C. The number of fused-ring (bicyclic) bond motifs is 6. The highest BCUT2D eigenvalue weighted by molar-refractivity contribution is 7.86. The van der Waals surface area contributed by atoms with E-state index in [1.807, 2.05) is 6.92 Å². The van der Waals surface area contributed by atoms with Crippen molar-refractivity contribution in [2.24, 2.45) is 50.7 Å². The molecule has 6 nitrogen and oxygen atoms in total. The number of aliphatic hydroxyl groups is 1. The minimum absolute atomic E-state index is 0.0149. The molecule has 1 N–H and O–H groups in total. The van der Waals surface area contributed by atoms with Crippen molar-refractivity contribution >= 4 is 16.1 Å². The second kappa shape index (κ2) is 10.9. The van der Waals surface area contributed by atoms with Crippen molar-refractivity contribution in [1.82, 2.24) is 0 Å². The predicted octanol–water partition coefficient (Wildman–Crippen LogP) is 8.02. The van der Waals surface area contributed by atoms with Gasteiger partial charge in [0.25, 0.3) is 10.1 Å². The molecule has 3 fully saturated rings. The summed E-state index contributed by atoms with van der Waals surface area (Å²) in [5.74, 6) is 0.533. The Bertz CT molecular complexity index is 1470. The van der Waals surface area contributed by atoms with E-state index >= 15 is 0 Å². The number of carbonyl (C=O) groups excluding carboxylic acids is 1. The van der Waals surface area contributed by atoms with Crippen molar-refractivity contribution in [3.63, 3.8) is 0 Å². The lowest BCUT2D eigenvalue weighted by Crippen LogP contribution is -2.61. The first-order valence-electron chi connectivity index (χ1n) is 17.4. The largest absolute Gasteiger partial charge is 0.469 e. The second-order valence-electron chi connectivity index (χ2n) is 17.4. The van der Waals surface area contributed by atoms with Crippen molar-refractivity contribution in [2.75, 3.05) is 13.7 Å². The van der Waals surface area contributed by atoms with Gasteiger partial charge in [-0.3, -0.25) is 8.98 Å². The Morgan fingerprint density at radius 1 is 0.933 bits per heavy atom. The molecule has 0 radical (unpaired) electrons. The van der Waals surface area contributed by atoms with Crippen molar-refractivity contribution < 1.29 is 27.2 Å². The Labute approximate surface area is 271 Å². The Hall–Kier alpha value is -1.70. The molecule has 0 aliphatic heterocycles. The smallest absolute Gasteiger partial charge is 0.312 e. The zero-order valence-electron chi connectivity index (χ0n) is 28.9. The predicted molar refractivity (Wildman–Crippen MR) is 176 cm³/mol. The number of methoxy groups -OCH3 is 1. The lowest BCUT2D eigenvalue weighted by molar-refractivity contribution is -0.176. The van der Waals surface area contributed by atoms with E-state index in [2.05, 4.69) is 41.5 Å². The second-order valence-corrected chi connectivity index (χ2v) is 19.0. The summed E-state index contributed by atoms with van der Waals surface area (Å²) >= 11 is 0. The van der Waals surface area contributed by atoms with Crippen molar-refractivity contribution in [1.29, 1.82) is 0 Å². The van der Waals surface area contributed by atoms with Gasteiger partial charge < -0.3 is 9.84 Å². The van der Waals surface area contributed by atoms with E-state index in [0.29, 0.717) is 11.8 Å². The first kappa shape index (κ1) is 33.2. The van der Waals surface area contributed by atoms with Gasteiger partial charge in [0.05, 0.1) is 30.1 Å². The quantitative estimate of drug-likeness (QED) is 0.199. The number of aliphatic hydroxyl groups excluding tert-OH is 1. The molecule has 0 amide bonds. The van der Waals surface area contributed by atoms with E-state index < -0.39 is 15.5 Å². The molecule has 0 aromatic heterocycles. The van der Waals surface area contributed by atoms with Crippen LogP contribution in [0.5, 0.6) is 0 Å². The minimum Gasteiger partial charge on any atom is -0.469 e. The Morgan fingerprint density at radius 2 is 1.62 bits per heavy atom. The van der Waals surface area contributed by atoms with Crippen LogP contribution >= 0.6 is 0 Å². The summed E-state index contributed by atoms with van der Waals surface area (Å²) in [5.41, 5.74) is 3.10. The number of hydrogen-bond acceptors (Lipinski definition) is 6. The van der Waals surface area contributed by atoms with Gasteiger partial charge in [0.2, 0.25) is 0 Å². The minimum atomic E-state index is -3.96. The summed E-state index contributed by atoms with van der Waals surface area (Å²) < 4.78 is 38.7. The van der Waals surface area contributed by atoms with Crippen LogP contribution in [0.1, 0.15) is 111 Å². The van der Waals surface area contributed by atoms with Crippen LogP contribution in [0.15, 0.2) is 40.3 Å². The Balaban J connectivity index is 1.47. The Morgan fingerprint density at radius 3 is 2.29 bits per heavy atom. The van der Waals surface area contributed by atoms with E-state index in [4.69, 9.17) is 8.92 Å². The Kier molecular flexibility index (Phi) is 8.06. The molecular weight excluding hydrogens is 584 g/mol. The van der Waals surface area contributed by atoms with Gasteiger partial charge in [-0.25, -0.2) is 0 Å². The lowest BCUT2D eigenvalue weighted by atomic mass is 9.37. The number of carbonyl (C=O) groups is 1. The summed E-state index contributed by atoms with van der Waals surface area (Å²) in [6, 6.07) is 6.87. The van der Waals surface area contributed by atoms with Crippen LogP contribution in [0, 0.1) is 57.7 Å². The van der Waals surface area contributed by atoms with E-state index in [1.54, 1.807) is 24.3 Å². The zero-order chi connectivity index (χ0) is 32.8. The first-order chi connectivity index (χ1) is 20.9. The average Bonchev–Trinajstić information content (AvgIpc) is 2.97. The van der Waals surface area contributed by atoms with Gasteiger partial charge in [0.15, 0.2) is 0 Å². The fourth-order valence-electron chi connectivity index (χ4n) is 11.6. The number of rotatable bonds is 5. The molecule has 250 valence electrons. The van der Waals surface area contributed by atoms with Crippen LogP contribution in [-0.2, 0) is 23.8 Å². The summed E-state index contributed by atoms with van der Waals surface area (Å²) in [4.78, 5) is 13.9. The molecule has 45 heavy (non-hydrogen) atoms. The normalized spacial score (nSPS) is 40.4. The van der Waals surface area contributed by atoms with Crippen molar-refractivity contribution in [2.45, 2.75) is 124 Å². The maximum absolute atomic E-state index is 13.8. The first-order valence-corrected chi connectivity index (χ1v) is 18.8. The fourth-order valence-corrected chi connectivity index (χ4v) is 12.6. The van der Waals surface area contributed by atoms with Crippen molar-refractivity contribution in [3.8, 4) is 0 Å². The summed E-state index contributed by atoms with van der Waals surface area (Å²) in [6.07, 6.45) is 8.74. The van der Waals surface area contributed by atoms with Crippen LogP contribution in [0.3, 0.4) is 0 Å². The number of esters is 1. The molecule has 5 aliphatic rings. The number of ether oxygens (including phenoxy) is 1. The summed E-state index contributed by atoms with van der Waals surface area (Å²) in [6.45, 7) is 16.1. The number of benzene rings is 1. The van der Waals surface area contributed by atoms with Crippen LogP contribution in [0.2, 0.25) is 0 Å². The topological polar surface area (TPSA) is 89.9 Å². The van der Waals surface area contributed by atoms with Crippen LogP contribution in [0.25, 0.3) is 0 Å². The highest BCUT2D eigenvalue weighted by atomic mass is 32.2. The molecule has 8 atom stereocenters. The molecule has 0 heterocycles. The number of aryl methyl sites for hydroxylation is 1. The van der Waals surface area contributed by atoms with E-state index in [9.17, 15) is 18.3 Å². The molecule has 1 aromatic carbocycles. The monoisotopic (exact) mass is 640 g/mol. The third-order valence-corrected chi connectivity index (χ3v) is 15.5. The van der Waals surface area contributed by atoms with Crippen LogP contribution in [-0.4, -0.2) is 39.3 Å². The molecule has 6 rings (SSSR count). The number of hydrogen-bond donors (Lipinski definition) is 1. The highest BCUT2D eigenvalue weighted by Gasteiger charge is 2.66. The lowest BCUT2D eigenvalue weighted by Gasteiger charge is -2.67. The van der Waals surface area contributed by atoms with Gasteiger partial charge in [-0.1, -0.05) is 70.4 Å². The molecule has 1 aromatic rings.